The van der Waals surface area contributed by atoms with Crippen molar-refractivity contribution in [3.8, 4) is 40.2 Å². The molecule has 1 aromatic heterocycles. The summed E-state index contributed by atoms with van der Waals surface area (Å²) in [5.41, 5.74) is 7.05. The van der Waals surface area contributed by atoms with Crippen LogP contribution in [0.5, 0.6) is 23.0 Å². The van der Waals surface area contributed by atoms with Gasteiger partial charge in [-0.1, -0.05) is 72.6 Å². The summed E-state index contributed by atoms with van der Waals surface area (Å²) < 4.78 is 31.2. The highest BCUT2D eigenvalue weighted by molar-refractivity contribution is 6.32. The quantitative estimate of drug-likeness (QED) is 0.102. The number of ether oxygens (including phenoxy) is 5. The van der Waals surface area contributed by atoms with Crippen molar-refractivity contribution < 1.29 is 33.6 Å². The van der Waals surface area contributed by atoms with Gasteiger partial charge in [-0.25, -0.2) is 0 Å². The van der Waals surface area contributed by atoms with E-state index in [-0.39, 0.29) is 38.0 Å². The molecule has 4 aromatic carbocycles. The average molecular weight is 843 g/mol. The van der Waals surface area contributed by atoms with E-state index in [9.17, 15) is 15.2 Å². The number of aromatic nitrogens is 1. The minimum Gasteiger partial charge on any atom is -0.488 e. The molecule has 5 aromatic rings. The Bertz CT molecular complexity index is 2350. The Morgan fingerprint density at radius 1 is 0.902 bits per heavy atom. The molecule has 0 amide bonds. The topological polar surface area (TPSA) is 127 Å². The van der Waals surface area contributed by atoms with Crippen LogP contribution in [0.3, 0.4) is 0 Å². The van der Waals surface area contributed by atoms with Crippen LogP contribution in [-0.2, 0) is 35.9 Å². The number of hydrogen-bond donors (Lipinski definition) is 1. The normalized spacial score (nSPS) is 19.0. The number of benzene rings is 4. The zero-order valence-corrected chi connectivity index (χ0v) is 35.2. The van der Waals surface area contributed by atoms with Gasteiger partial charge in [0.15, 0.2) is 11.5 Å². The van der Waals surface area contributed by atoms with E-state index in [1.54, 1.807) is 12.3 Å². The van der Waals surface area contributed by atoms with Gasteiger partial charge < -0.3 is 33.7 Å². The molecule has 8 rings (SSSR count). The number of aliphatic hydroxyl groups is 1. The fourth-order valence-corrected chi connectivity index (χ4v) is 8.54. The molecule has 2 fully saturated rings. The largest absolute Gasteiger partial charge is 0.488 e. The number of halogens is 1. The van der Waals surface area contributed by atoms with Crippen LogP contribution in [0.2, 0.25) is 5.02 Å². The molecule has 4 heterocycles. The number of hydrogen-bond acceptors (Lipinski definition) is 11. The number of carbonyl (C=O) groups is 1. The standard InChI is InChI=1S/C49H51ClN4O7/c1-33-38(10-7-11-42(33)37-13-14-45-48(22-37)61-41(32-59-45)16-19-53-18-15-40(55)28-53)31-58-47-23-46(57-30-36-20-35(24-51)25-52-26-36)39(21-43(47)50)27-54-17-6-5-12-44(54)49(56)60-29-34-8-3-2-4-9-34/h2-4,7-11,13-14,20-23,25-26,40-41,44,55H,5-6,12,15-19,27-32H2,1H3/t40?,41?,44-/m0/s1. The van der Waals surface area contributed by atoms with E-state index < -0.39 is 6.04 Å². The lowest BCUT2D eigenvalue weighted by molar-refractivity contribution is -0.153. The zero-order valence-electron chi connectivity index (χ0n) is 34.4. The number of likely N-dealkylation sites (tertiary alicyclic amines) is 2. The van der Waals surface area contributed by atoms with E-state index in [2.05, 4.69) is 39.9 Å². The van der Waals surface area contributed by atoms with Gasteiger partial charge in [-0.2, -0.15) is 5.26 Å². The van der Waals surface area contributed by atoms with Gasteiger partial charge in [0.2, 0.25) is 0 Å². The molecule has 316 valence electrons. The summed E-state index contributed by atoms with van der Waals surface area (Å²) in [7, 11) is 0. The van der Waals surface area contributed by atoms with Gasteiger partial charge in [0, 0.05) is 62.2 Å². The maximum atomic E-state index is 13.5. The van der Waals surface area contributed by atoms with Crippen molar-refractivity contribution in [2.75, 3.05) is 32.8 Å². The predicted molar refractivity (Wildman–Crippen MR) is 232 cm³/mol. The molecule has 3 atom stereocenters. The van der Waals surface area contributed by atoms with Crippen LogP contribution in [-0.4, -0.2) is 76.9 Å². The lowest BCUT2D eigenvalue weighted by Crippen LogP contribution is -2.44. The van der Waals surface area contributed by atoms with Crippen molar-refractivity contribution >= 4 is 17.6 Å². The molecule has 2 unspecified atom stereocenters. The third kappa shape index (κ3) is 10.6. The molecule has 61 heavy (non-hydrogen) atoms. The van der Waals surface area contributed by atoms with Gasteiger partial charge in [-0.05, 0) is 84.8 Å². The van der Waals surface area contributed by atoms with Crippen LogP contribution in [0.1, 0.15) is 65.5 Å². The Kier molecular flexibility index (Phi) is 13.7. The lowest BCUT2D eigenvalue weighted by Gasteiger charge is -2.34. The molecule has 3 aliphatic rings. The van der Waals surface area contributed by atoms with Gasteiger partial charge in [0.05, 0.1) is 16.7 Å². The molecule has 0 bridgehead atoms. The first-order chi connectivity index (χ1) is 29.8. The molecule has 12 heteroatoms. The van der Waals surface area contributed by atoms with Crippen LogP contribution < -0.4 is 18.9 Å². The molecular formula is C49H51ClN4O7. The van der Waals surface area contributed by atoms with Crippen LogP contribution in [0.4, 0.5) is 0 Å². The van der Waals surface area contributed by atoms with Crippen molar-refractivity contribution in [3.63, 3.8) is 0 Å². The number of β-amino-alcohol motifs (C(OH)–C–C–N with tert-alkyl or cyclic N) is 1. The molecule has 2 saturated heterocycles. The molecular weight excluding hydrogens is 792 g/mol. The minimum absolute atomic E-state index is 0.0616. The van der Waals surface area contributed by atoms with E-state index in [0.29, 0.717) is 48.2 Å². The SMILES string of the molecule is Cc1c(COc2cc(OCc3cncc(C#N)c3)c(CN3CCCC[C@H]3C(=O)OCc3ccccc3)cc2Cl)cccc1-c1ccc2c(c1)OC(CCN1CCC(O)C1)CO2. The third-order valence-electron chi connectivity index (χ3n) is 11.7. The first-order valence-corrected chi connectivity index (χ1v) is 21.5. The van der Waals surface area contributed by atoms with Gasteiger partial charge in [0.1, 0.15) is 56.1 Å². The van der Waals surface area contributed by atoms with E-state index in [1.807, 2.05) is 66.7 Å². The summed E-state index contributed by atoms with van der Waals surface area (Å²) >= 11 is 6.99. The van der Waals surface area contributed by atoms with Crippen LogP contribution in [0.15, 0.2) is 97.3 Å². The zero-order chi connectivity index (χ0) is 42.1. The molecule has 1 N–H and O–H groups in total. The van der Waals surface area contributed by atoms with Crippen molar-refractivity contribution in [1.82, 2.24) is 14.8 Å². The molecule has 11 nitrogen and oxygen atoms in total. The van der Waals surface area contributed by atoms with Gasteiger partial charge >= 0.3 is 5.97 Å². The Morgan fingerprint density at radius 3 is 2.61 bits per heavy atom. The van der Waals surface area contributed by atoms with E-state index >= 15 is 0 Å². The number of esters is 1. The number of nitrogens with zero attached hydrogens (tertiary/aromatic N) is 4. The minimum atomic E-state index is -0.405. The Morgan fingerprint density at radius 2 is 1.77 bits per heavy atom. The number of aliphatic hydroxyl groups excluding tert-OH is 1. The first-order valence-electron chi connectivity index (χ1n) is 21.1. The maximum Gasteiger partial charge on any atom is 0.323 e. The lowest BCUT2D eigenvalue weighted by atomic mass is 9.96. The Balaban J connectivity index is 0.982. The van der Waals surface area contributed by atoms with E-state index in [0.717, 1.165) is 95.8 Å². The fourth-order valence-electron chi connectivity index (χ4n) is 8.30. The second-order valence-corrected chi connectivity index (χ2v) is 16.5. The van der Waals surface area contributed by atoms with Crippen molar-refractivity contribution in [3.05, 3.63) is 136 Å². The average Bonchev–Trinajstić information content (AvgIpc) is 3.72. The van der Waals surface area contributed by atoms with Crippen molar-refractivity contribution in [2.24, 2.45) is 0 Å². The Hall–Kier alpha value is -5.64. The monoisotopic (exact) mass is 842 g/mol. The predicted octanol–water partition coefficient (Wildman–Crippen LogP) is 8.43. The summed E-state index contributed by atoms with van der Waals surface area (Å²) in [6.45, 7) is 6.84. The number of carbonyl (C=O) groups excluding carboxylic acids is 1. The second-order valence-electron chi connectivity index (χ2n) is 16.1. The second kappa shape index (κ2) is 19.8. The highest BCUT2D eigenvalue weighted by Crippen LogP contribution is 2.39. The van der Waals surface area contributed by atoms with Crippen LogP contribution in [0.25, 0.3) is 11.1 Å². The summed E-state index contributed by atoms with van der Waals surface area (Å²) in [5.74, 6) is 2.23. The van der Waals surface area contributed by atoms with E-state index in [4.69, 9.17) is 35.3 Å². The maximum absolute atomic E-state index is 13.5. The molecule has 0 radical (unpaired) electrons. The highest BCUT2D eigenvalue weighted by Gasteiger charge is 2.31. The summed E-state index contributed by atoms with van der Waals surface area (Å²) in [4.78, 5) is 22.1. The van der Waals surface area contributed by atoms with Crippen molar-refractivity contribution in [2.45, 2.75) is 83.6 Å². The third-order valence-corrected chi connectivity index (χ3v) is 12.0. The van der Waals surface area contributed by atoms with Crippen LogP contribution >= 0.6 is 11.6 Å². The fraction of sp³-hybridized carbons (Fsp3) is 0.367. The van der Waals surface area contributed by atoms with E-state index in [1.165, 1.54) is 6.20 Å². The van der Waals surface area contributed by atoms with Crippen LogP contribution in [0, 0.1) is 18.3 Å². The summed E-state index contributed by atoms with van der Waals surface area (Å²) in [5, 5.41) is 19.8. The number of piperidine rings is 1. The number of fused-ring (bicyclic) bond motifs is 1. The number of pyridine rings is 1. The first kappa shape index (κ1) is 42.1. The van der Waals surface area contributed by atoms with Gasteiger partial charge in [-0.3, -0.25) is 14.7 Å². The summed E-state index contributed by atoms with van der Waals surface area (Å²) in [6, 6.07) is 29.1. The summed E-state index contributed by atoms with van der Waals surface area (Å²) in [6.07, 6.45) is 7.12. The Labute approximate surface area is 362 Å². The molecule has 0 aliphatic carbocycles. The molecule has 0 saturated carbocycles. The van der Waals surface area contributed by atoms with Gasteiger partial charge in [0.25, 0.3) is 0 Å². The van der Waals surface area contributed by atoms with Crippen molar-refractivity contribution in [1.29, 1.82) is 5.26 Å². The highest BCUT2D eigenvalue weighted by atomic mass is 35.5. The molecule has 3 aliphatic heterocycles. The molecule has 0 spiro atoms. The van der Waals surface area contributed by atoms with Gasteiger partial charge in [-0.15, -0.1) is 0 Å². The number of rotatable bonds is 15. The number of nitriles is 1. The smallest absolute Gasteiger partial charge is 0.323 e.